The Morgan fingerprint density at radius 2 is 1.68 bits per heavy atom. The van der Waals surface area contributed by atoms with Gasteiger partial charge in [-0.1, -0.05) is 17.7 Å². The molecule has 44 heavy (non-hydrogen) atoms. The van der Waals surface area contributed by atoms with Crippen LogP contribution in [-0.4, -0.2) is 102 Å². The number of nitrogens with two attached hydrogens (primary N) is 1. The number of aryl methyl sites for hydroxylation is 1. The molecule has 4 aliphatic heterocycles. The van der Waals surface area contributed by atoms with E-state index in [0.717, 1.165) is 87.3 Å². The third-order valence-corrected chi connectivity index (χ3v) is 11.0. The average molecular weight is 642 g/mol. The van der Waals surface area contributed by atoms with Gasteiger partial charge in [-0.25, -0.2) is 4.79 Å². The van der Waals surface area contributed by atoms with Crippen molar-refractivity contribution in [3.05, 3.63) is 44.6 Å². The molecule has 1 aromatic heterocycles. The number of halogens is 1. The number of carbonyl (C=O) groups excluding carboxylic acids is 3. The molecule has 3 fully saturated rings. The Hall–Kier alpha value is -2.86. The average Bonchev–Trinajstić information content (AvgIpc) is 3.50. The number of likely N-dealkylation sites (tertiary alicyclic amines) is 2. The summed E-state index contributed by atoms with van der Waals surface area (Å²) in [6.07, 6.45) is 3.97. The van der Waals surface area contributed by atoms with Gasteiger partial charge in [0.2, 0.25) is 11.8 Å². The van der Waals surface area contributed by atoms with E-state index < -0.39 is 5.92 Å². The standard InChI is InChI=1S/C32H44ClN7O3S/c1-21-14-22(16-27(33)30(21)34)15-23(31(42)39-10-2-25(3-11-39)37-12-6-35-7-13-37)17-29(41)38-8-4-26(5-9-38)40-18-24-19-44-20-28(24)36-32(40)43/h14,16,19-20,23,25-26,35H,2-13,15,17-18,34H2,1H3,(H,36,43)/t23-/m0/s1. The van der Waals surface area contributed by atoms with Crippen molar-refractivity contribution in [1.82, 2.24) is 24.9 Å². The van der Waals surface area contributed by atoms with Crippen LogP contribution in [0.25, 0.3) is 0 Å². The van der Waals surface area contributed by atoms with Crippen LogP contribution in [0.2, 0.25) is 5.02 Å². The molecule has 12 heteroatoms. The van der Waals surface area contributed by atoms with Crippen LogP contribution in [0.5, 0.6) is 0 Å². The minimum atomic E-state index is -0.472. The molecular weight excluding hydrogens is 598 g/mol. The maximum atomic E-state index is 14.0. The lowest BCUT2D eigenvalue weighted by molar-refractivity contribution is -0.143. The van der Waals surface area contributed by atoms with Crippen LogP contribution in [0.1, 0.15) is 48.8 Å². The molecule has 0 unspecified atom stereocenters. The number of piperidine rings is 2. The van der Waals surface area contributed by atoms with E-state index in [2.05, 4.69) is 20.9 Å². The van der Waals surface area contributed by atoms with E-state index in [1.807, 2.05) is 39.1 Å². The van der Waals surface area contributed by atoms with Gasteiger partial charge in [0, 0.05) is 81.8 Å². The van der Waals surface area contributed by atoms with Gasteiger partial charge < -0.3 is 31.1 Å². The van der Waals surface area contributed by atoms with E-state index in [4.69, 9.17) is 17.3 Å². The van der Waals surface area contributed by atoms with Crippen LogP contribution >= 0.6 is 22.9 Å². The quantitative estimate of drug-likeness (QED) is 0.397. The molecule has 0 radical (unpaired) electrons. The molecule has 1 aromatic carbocycles. The van der Waals surface area contributed by atoms with Gasteiger partial charge in [-0.05, 0) is 61.6 Å². The zero-order chi connectivity index (χ0) is 30.8. The first-order valence-electron chi connectivity index (χ1n) is 16.0. The highest BCUT2D eigenvalue weighted by molar-refractivity contribution is 7.08. The molecule has 4 amide bonds. The summed E-state index contributed by atoms with van der Waals surface area (Å²) < 4.78 is 0. The SMILES string of the molecule is Cc1cc(C[C@@H](CC(=O)N2CCC(N3Cc4cscc4NC3=O)CC2)C(=O)N2CCC(N3CCNCC3)CC2)cc(Cl)c1N. The van der Waals surface area contributed by atoms with Crippen molar-refractivity contribution in [3.8, 4) is 0 Å². The molecule has 0 aliphatic carbocycles. The molecule has 238 valence electrons. The van der Waals surface area contributed by atoms with E-state index in [1.165, 1.54) is 0 Å². The number of rotatable bonds is 7. The first-order valence-corrected chi connectivity index (χ1v) is 17.3. The summed E-state index contributed by atoms with van der Waals surface area (Å²) in [4.78, 5) is 48.8. The molecular formula is C32H44ClN7O3S. The van der Waals surface area contributed by atoms with Gasteiger partial charge in [0.15, 0.2) is 0 Å². The normalized spacial score (nSPS) is 21.2. The third-order valence-electron chi connectivity index (χ3n) is 9.94. The summed E-state index contributed by atoms with van der Waals surface area (Å²) in [5.41, 5.74) is 10.5. The Bertz CT molecular complexity index is 1340. The van der Waals surface area contributed by atoms with Gasteiger partial charge in [-0.15, -0.1) is 11.3 Å². The second-order valence-corrected chi connectivity index (χ2v) is 13.9. The second-order valence-electron chi connectivity index (χ2n) is 12.7. The molecule has 0 spiro atoms. The third kappa shape index (κ3) is 6.85. The molecule has 6 rings (SSSR count). The van der Waals surface area contributed by atoms with E-state index in [1.54, 1.807) is 11.3 Å². The molecule has 4 N–H and O–H groups in total. The smallest absolute Gasteiger partial charge is 0.322 e. The number of anilines is 2. The largest absolute Gasteiger partial charge is 0.397 e. The summed E-state index contributed by atoms with van der Waals surface area (Å²) in [5.74, 6) is -0.423. The number of carbonyl (C=O) groups is 3. The number of nitrogens with one attached hydrogen (secondary N) is 2. The highest BCUT2D eigenvalue weighted by Gasteiger charge is 2.36. The molecule has 2 aromatic rings. The Kier molecular flexibility index (Phi) is 9.65. The number of urea groups is 1. The Morgan fingerprint density at radius 1 is 1.00 bits per heavy atom. The number of thiophene rings is 1. The van der Waals surface area contributed by atoms with Gasteiger partial charge in [0.05, 0.1) is 28.9 Å². The van der Waals surface area contributed by atoms with Crippen molar-refractivity contribution in [2.45, 2.75) is 64.1 Å². The zero-order valence-corrected chi connectivity index (χ0v) is 27.1. The summed E-state index contributed by atoms with van der Waals surface area (Å²) in [5, 5.41) is 11.0. The topological polar surface area (TPSA) is 114 Å². The maximum Gasteiger partial charge on any atom is 0.322 e. The monoisotopic (exact) mass is 641 g/mol. The van der Waals surface area contributed by atoms with Crippen molar-refractivity contribution in [1.29, 1.82) is 0 Å². The Labute approximate surface area is 268 Å². The van der Waals surface area contributed by atoms with Crippen LogP contribution in [0.3, 0.4) is 0 Å². The minimum Gasteiger partial charge on any atom is -0.397 e. The molecule has 5 heterocycles. The highest BCUT2D eigenvalue weighted by Crippen LogP contribution is 2.31. The van der Waals surface area contributed by atoms with E-state index in [-0.39, 0.29) is 30.3 Å². The van der Waals surface area contributed by atoms with E-state index >= 15 is 0 Å². The lowest BCUT2D eigenvalue weighted by atomic mass is 9.91. The van der Waals surface area contributed by atoms with Crippen LogP contribution in [0, 0.1) is 12.8 Å². The molecule has 3 saturated heterocycles. The number of hydrogen-bond acceptors (Lipinski definition) is 7. The maximum absolute atomic E-state index is 14.0. The van der Waals surface area contributed by atoms with Crippen molar-refractivity contribution in [3.63, 3.8) is 0 Å². The predicted octanol–water partition coefficient (Wildman–Crippen LogP) is 3.78. The van der Waals surface area contributed by atoms with E-state index in [0.29, 0.717) is 42.8 Å². The molecule has 10 nitrogen and oxygen atoms in total. The number of fused-ring (bicyclic) bond motifs is 1. The first kappa shape index (κ1) is 31.1. The fourth-order valence-electron chi connectivity index (χ4n) is 7.29. The van der Waals surface area contributed by atoms with Crippen molar-refractivity contribution >= 4 is 52.2 Å². The molecule has 1 atom stereocenters. The summed E-state index contributed by atoms with van der Waals surface area (Å²) >= 11 is 8.02. The summed E-state index contributed by atoms with van der Waals surface area (Å²) in [6, 6.07) is 4.34. The lowest BCUT2D eigenvalue weighted by Gasteiger charge is -2.41. The molecule has 0 saturated carbocycles. The van der Waals surface area contributed by atoms with Gasteiger partial charge in [0.25, 0.3) is 0 Å². The van der Waals surface area contributed by atoms with Crippen LogP contribution < -0.4 is 16.4 Å². The fraction of sp³-hybridized carbons (Fsp3) is 0.594. The molecule has 0 bridgehead atoms. The fourth-order valence-corrected chi connectivity index (χ4v) is 8.36. The Morgan fingerprint density at radius 3 is 2.39 bits per heavy atom. The number of amides is 4. The van der Waals surface area contributed by atoms with Crippen LogP contribution in [0.15, 0.2) is 22.9 Å². The first-order chi connectivity index (χ1) is 21.3. The highest BCUT2D eigenvalue weighted by atomic mass is 35.5. The Balaban J connectivity index is 1.09. The number of benzene rings is 1. The predicted molar refractivity (Wildman–Crippen MR) is 175 cm³/mol. The summed E-state index contributed by atoms with van der Waals surface area (Å²) in [6.45, 7) is 9.26. The van der Waals surface area contributed by atoms with Crippen LogP contribution in [0.4, 0.5) is 16.2 Å². The van der Waals surface area contributed by atoms with E-state index in [9.17, 15) is 14.4 Å². The number of nitrogens with zero attached hydrogens (tertiary/aromatic N) is 4. The second kappa shape index (κ2) is 13.6. The zero-order valence-electron chi connectivity index (χ0n) is 25.5. The number of piperazine rings is 1. The van der Waals surface area contributed by atoms with Gasteiger partial charge in [0.1, 0.15) is 0 Å². The van der Waals surface area contributed by atoms with Crippen molar-refractivity contribution in [2.24, 2.45) is 5.92 Å². The lowest BCUT2D eigenvalue weighted by Crippen LogP contribution is -2.53. The van der Waals surface area contributed by atoms with Gasteiger partial charge in [-0.2, -0.15) is 0 Å². The molecule has 4 aliphatic rings. The van der Waals surface area contributed by atoms with Crippen LogP contribution in [-0.2, 0) is 22.6 Å². The number of nitrogen functional groups attached to an aromatic ring is 1. The van der Waals surface area contributed by atoms with Gasteiger partial charge >= 0.3 is 6.03 Å². The van der Waals surface area contributed by atoms with Gasteiger partial charge in [-0.3, -0.25) is 14.5 Å². The summed E-state index contributed by atoms with van der Waals surface area (Å²) in [7, 11) is 0. The minimum absolute atomic E-state index is 0.000942. The number of hydrogen-bond donors (Lipinski definition) is 3. The van der Waals surface area contributed by atoms with Crippen molar-refractivity contribution in [2.75, 3.05) is 63.4 Å². The van der Waals surface area contributed by atoms with Crippen molar-refractivity contribution < 1.29 is 14.4 Å².